The number of rotatable bonds is 3. The van der Waals surface area contributed by atoms with E-state index in [4.69, 9.17) is 0 Å². The van der Waals surface area contributed by atoms with Gasteiger partial charge in [0, 0.05) is 23.8 Å². The fourth-order valence-electron chi connectivity index (χ4n) is 2.52. The molecule has 1 fully saturated rings. The van der Waals surface area contributed by atoms with Gasteiger partial charge < -0.3 is 10.6 Å². The summed E-state index contributed by atoms with van der Waals surface area (Å²) in [5.41, 5.74) is 4.08. The van der Waals surface area contributed by atoms with Gasteiger partial charge in [-0.15, -0.1) is 0 Å². The largest absolute Gasteiger partial charge is 0.381 e. The van der Waals surface area contributed by atoms with Crippen molar-refractivity contribution in [1.29, 1.82) is 0 Å². The predicted octanol–water partition coefficient (Wildman–Crippen LogP) is 2.83. The molecular weight excluding hydrogens is 208 g/mol. The molecule has 1 aliphatic heterocycles. The molecule has 2 unspecified atom stereocenters. The zero-order valence-corrected chi connectivity index (χ0v) is 10.5. The summed E-state index contributed by atoms with van der Waals surface area (Å²) in [6, 6.07) is 10.2. The Bertz CT molecular complexity index is 446. The second kappa shape index (κ2) is 4.19. The lowest BCUT2D eigenvalue weighted by atomic mass is 9.95. The Balaban J connectivity index is 1.84. The maximum atomic E-state index is 3.64. The molecular formula is C15H20N2. The van der Waals surface area contributed by atoms with Crippen LogP contribution < -0.4 is 10.6 Å². The third-order valence-corrected chi connectivity index (χ3v) is 3.69. The van der Waals surface area contributed by atoms with E-state index in [1.807, 2.05) is 0 Å². The number of fused-ring (bicyclic) bond motifs is 1. The summed E-state index contributed by atoms with van der Waals surface area (Å²) in [6.45, 7) is 4.48. The molecule has 0 saturated heterocycles. The minimum atomic E-state index is 0.412. The summed E-state index contributed by atoms with van der Waals surface area (Å²) < 4.78 is 0. The number of nitrogens with one attached hydrogen (secondary N) is 2. The smallest absolute Gasteiger partial charge is 0.0489 e. The Hall–Kier alpha value is -1.28. The van der Waals surface area contributed by atoms with Gasteiger partial charge in [-0.2, -0.15) is 0 Å². The van der Waals surface area contributed by atoms with Crippen LogP contribution in [0.2, 0.25) is 0 Å². The van der Waals surface area contributed by atoms with Crippen molar-refractivity contribution in [3.63, 3.8) is 0 Å². The van der Waals surface area contributed by atoms with Crippen molar-refractivity contribution in [2.24, 2.45) is 0 Å². The molecule has 2 aliphatic rings. The van der Waals surface area contributed by atoms with Crippen LogP contribution in [0.5, 0.6) is 0 Å². The molecule has 2 N–H and O–H groups in total. The van der Waals surface area contributed by atoms with Crippen LogP contribution in [0.3, 0.4) is 0 Å². The fourth-order valence-corrected chi connectivity index (χ4v) is 2.52. The lowest BCUT2D eigenvalue weighted by molar-refractivity contribution is 0.531. The van der Waals surface area contributed by atoms with Crippen LogP contribution in [0.25, 0.3) is 6.08 Å². The van der Waals surface area contributed by atoms with Crippen molar-refractivity contribution in [1.82, 2.24) is 10.6 Å². The third-order valence-electron chi connectivity index (χ3n) is 3.69. The van der Waals surface area contributed by atoms with E-state index in [0.29, 0.717) is 12.1 Å². The minimum Gasteiger partial charge on any atom is -0.381 e. The molecule has 0 bridgehead atoms. The van der Waals surface area contributed by atoms with Gasteiger partial charge in [0.1, 0.15) is 0 Å². The van der Waals surface area contributed by atoms with E-state index in [9.17, 15) is 0 Å². The van der Waals surface area contributed by atoms with Crippen LogP contribution in [-0.2, 0) is 0 Å². The van der Waals surface area contributed by atoms with Gasteiger partial charge in [0.2, 0.25) is 0 Å². The Kier molecular flexibility index (Phi) is 2.67. The van der Waals surface area contributed by atoms with Crippen LogP contribution in [0.15, 0.2) is 30.0 Å². The normalized spacial score (nSPS) is 24.6. The quantitative estimate of drug-likeness (QED) is 0.831. The minimum absolute atomic E-state index is 0.412. The first kappa shape index (κ1) is 10.8. The summed E-state index contributed by atoms with van der Waals surface area (Å²) >= 11 is 0. The monoisotopic (exact) mass is 228 g/mol. The van der Waals surface area contributed by atoms with E-state index in [-0.39, 0.29) is 0 Å². The van der Waals surface area contributed by atoms with E-state index in [1.54, 1.807) is 0 Å². The topological polar surface area (TPSA) is 24.1 Å². The first-order chi connectivity index (χ1) is 8.24. The lowest BCUT2D eigenvalue weighted by Crippen LogP contribution is -2.37. The maximum absolute atomic E-state index is 3.64. The van der Waals surface area contributed by atoms with Crippen molar-refractivity contribution >= 4 is 6.08 Å². The number of hydrogen-bond acceptors (Lipinski definition) is 2. The van der Waals surface area contributed by atoms with Crippen LogP contribution >= 0.6 is 0 Å². The average molecular weight is 228 g/mol. The van der Waals surface area contributed by atoms with Gasteiger partial charge in [0.05, 0.1) is 0 Å². The summed E-state index contributed by atoms with van der Waals surface area (Å²) in [6.07, 6.45) is 4.96. The lowest BCUT2D eigenvalue weighted by Gasteiger charge is -2.29. The van der Waals surface area contributed by atoms with Gasteiger partial charge in [-0.1, -0.05) is 24.3 Å². The third kappa shape index (κ3) is 2.22. The molecule has 1 heterocycles. The number of benzene rings is 1. The Morgan fingerprint density at radius 3 is 2.82 bits per heavy atom. The summed E-state index contributed by atoms with van der Waals surface area (Å²) in [4.78, 5) is 0. The molecule has 1 aliphatic carbocycles. The summed E-state index contributed by atoms with van der Waals surface area (Å²) in [7, 11) is 0. The van der Waals surface area contributed by atoms with Crippen molar-refractivity contribution in [3.8, 4) is 0 Å². The molecule has 2 atom stereocenters. The van der Waals surface area contributed by atoms with Gasteiger partial charge in [0.25, 0.3) is 0 Å². The molecule has 0 aromatic heterocycles. The molecule has 3 rings (SSSR count). The zero-order valence-electron chi connectivity index (χ0n) is 10.5. The molecule has 1 aromatic carbocycles. The molecule has 1 saturated carbocycles. The average Bonchev–Trinajstić information content (AvgIpc) is 3.13. The van der Waals surface area contributed by atoms with Crippen molar-refractivity contribution in [2.45, 2.75) is 44.8 Å². The molecule has 2 heteroatoms. The Labute approximate surface area is 103 Å². The molecule has 17 heavy (non-hydrogen) atoms. The second-order valence-corrected chi connectivity index (χ2v) is 5.26. The van der Waals surface area contributed by atoms with Crippen molar-refractivity contribution in [3.05, 3.63) is 41.1 Å². The number of hydrogen-bond donors (Lipinski definition) is 2. The van der Waals surface area contributed by atoms with Crippen LogP contribution in [0, 0.1) is 0 Å². The summed E-state index contributed by atoms with van der Waals surface area (Å²) in [5.74, 6) is 0. The van der Waals surface area contributed by atoms with Gasteiger partial charge in [0.15, 0.2) is 0 Å². The van der Waals surface area contributed by atoms with Crippen molar-refractivity contribution < 1.29 is 0 Å². The first-order valence-electron chi connectivity index (χ1n) is 6.57. The van der Waals surface area contributed by atoms with Gasteiger partial charge >= 0.3 is 0 Å². The van der Waals surface area contributed by atoms with E-state index >= 15 is 0 Å². The van der Waals surface area contributed by atoms with Gasteiger partial charge in [-0.25, -0.2) is 0 Å². The zero-order chi connectivity index (χ0) is 11.8. The molecule has 0 radical (unpaired) electrons. The standard InChI is InChI=1S/C15H20N2/c1-10-14-6-4-3-5-12(14)9-15(17-10)11(2)16-13-7-8-13/h3-6,9-11,13,16-17H,7-8H2,1-2H3. The maximum Gasteiger partial charge on any atom is 0.0489 e. The van der Waals surface area contributed by atoms with Gasteiger partial charge in [-0.3, -0.25) is 0 Å². The highest BCUT2D eigenvalue weighted by molar-refractivity contribution is 5.60. The highest BCUT2D eigenvalue weighted by atomic mass is 15.0. The van der Waals surface area contributed by atoms with E-state index < -0.39 is 0 Å². The van der Waals surface area contributed by atoms with Crippen molar-refractivity contribution in [2.75, 3.05) is 0 Å². The second-order valence-electron chi connectivity index (χ2n) is 5.26. The Morgan fingerprint density at radius 2 is 2.06 bits per heavy atom. The van der Waals surface area contributed by atoms with Crippen LogP contribution in [0.1, 0.15) is 43.9 Å². The highest BCUT2D eigenvalue weighted by Gasteiger charge is 2.26. The fraction of sp³-hybridized carbons (Fsp3) is 0.467. The van der Waals surface area contributed by atoms with Crippen LogP contribution in [-0.4, -0.2) is 12.1 Å². The summed E-state index contributed by atoms with van der Waals surface area (Å²) in [5, 5.41) is 7.25. The van der Waals surface area contributed by atoms with Crippen LogP contribution in [0.4, 0.5) is 0 Å². The molecule has 2 nitrogen and oxygen atoms in total. The Morgan fingerprint density at radius 1 is 1.29 bits per heavy atom. The SMILES string of the molecule is CC(NC1CC1)C1=Cc2ccccc2C(C)N1. The van der Waals surface area contributed by atoms with E-state index in [2.05, 4.69) is 54.8 Å². The molecule has 0 amide bonds. The predicted molar refractivity (Wildman–Crippen MR) is 71.6 cm³/mol. The van der Waals surface area contributed by atoms with E-state index in [0.717, 1.165) is 6.04 Å². The molecule has 90 valence electrons. The first-order valence-corrected chi connectivity index (χ1v) is 6.57. The van der Waals surface area contributed by atoms with Gasteiger partial charge in [-0.05, 0) is 43.9 Å². The molecule has 1 aromatic rings. The highest BCUT2D eigenvalue weighted by Crippen LogP contribution is 2.28. The van der Waals surface area contributed by atoms with E-state index in [1.165, 1.54) is 29.7 Å². The molecule has 0 spiro atoms.